The van der Waals surface area contributed by atoms with Gasteiger partial charge in [-0.2, -0.15) is 0 Å². The van der Waals surface area contributed by atoms with E-state index < -0.39 is 60.6 Å². The van der Waals surface area contributed by atoms with Gasteiger partial charge in [-0.15, -0.1) is 0 Å². The lowest BCUT2D eigenvalue weighted by Crippen LogP contribution is -2.46. The molecule has 0 radical (unpaired) electrons. The number of hydrogen-bond acceptors (Lipinski definition) is 10. The summed E-state index contributed by atoms with van der Waals surface area (Å²) >= 11 is 0. The second kappa shape index (κ2) is 13.0. The number of alkyl carbamates (subject to hydrolysis) is 2. The third-order valence-corrected chi connectivity index (χ3v) is 3.60. The van der Waals surface area contributed by atoms with Gasteiger partial charge in [0.2, 0.25) is 0 Å². The predicted octanol–water partition coefficient (Wildman–Crippen LogP) is 1.14. The molecule has 0 aromatic rings. The van der Waals surface area contributed by atoms with E-state index in [1.54, 1.807) is 41.5 Å². The van der Waals surface area contributed by atoms with Crippen molar-refractivity contribution in [3.8, 4) is 0 Å². The van der Waals surface area contributed by atoms with Crippen molar-refractivity contribution >= 4 is 24.1 Å². The summed E-state index contributed by atoms with van der Waals surface area (Å²) < 4.78 is 20.2. The zero-order chi connectivity index (χ0) is 26.0. The van der Waals surface area contributed by atoms with Crippen LogP contribution in [-0.2, 0) is 28.5 Å². The molecule has 0 saturated heterocycles. The minimum absolute atomic E-state index is 0.0675. The van der Waals surface area contributed by atoms with Crippen LogP contribution in [0.3, 0.4) is 0 Å². The minimum Gasteiger partial charge on any atom is -0.459 e. The summed E-state index contributed by atoms with van der Waals surface area (Å²) in [5.41, 5.74) is -1.26. The van der Waals surface area contributed by atoms with Crippen LogP contribution in [0.25, 0.3) is 0 Å². The standard InChI is InChI=1S/C21H36N2O10/c1-12(11-30-16(26)14(9-24)22-18(28)32-20(3,4)5)13(2)31-17(27)15(10-25)23-19(29)33-21(6,7)8/h14-15,24-25H,9-11H2,1-8H3,(H,22,28)(H,23,29)/b13-12-. The van der Waals surface area contributed by atoms with Crippen molar-refractivity contribution in [1.82, 2.24) is 10.6 Å². The van der Waals surface area contributed by atoms with E-state index in [0.29, 0.717) is 5.57 Å². The predicted molar refractivity (Wildman–Crippen MR) is 116 cm³/mol. The molecular formula is C21H36N2O10. The number of carbonyl (C=O) groups excluding carboxylic acids is 4. The van der Waals surface area contributed by atoms with E-state index >= 15 is 0 Å². The lowest BCUT2D eigenvalue weighted by atomic mass is 10.2. The van der Waals surface area contributed by atoms with E-state index in [0.717, 1.165) is 0 Å². The lowest BCUT2D eigenvalue weighted by Gasteiger charge is -2.22. The zero-order valence-corrected chi connectivity index (χ0v) is 20.4. The van der Waals surface area contributed by atoms with Gasteiger partial charge in [-0.1, -0.05) is 0 Å². The first-order valence-electron chi connectivity index (χ1n) is 10.2. The first-order valence-corrected chi connectivity index (χ1v) is 10.2. The van der Waals surface area contributed by atoms with Crippen LogP contribution in [0, 0.1) is 0 Å². The lowest BCUT2D eigenvalue weighted by molar-refractivity contribution is -0.146. The Balaban J connectivity index is 4.89. The summed E-state index contributed by atoms with van der Waals surface area (Å²) in [5, 5.41) is 23.1. The van der Waals surface area contributed by atoms with Crippen LogP contribution >= 0.6 is 0 Å². The van der Waals surface area contributed by atoms with Crippen LogP contribution in [0.2, 0.25) is 0 Å². The minimum atomic E-state index is -1.37. The van der Waals surface area contributed by atoms with Gasteiger partial charge in [0, 0.05) is 5.57 Å². The number of aliphatic hydroxyl groups is 2. The van der Waals surface area contributed by atoms with Gasteiger partial charge in [-0.3, -0.25) is 0 Å². The Morgan fingerprint density at radius 2 is 1.15 bits per heavy atom. The van der Waals surface area contributed by atoms with Crippen molar-refractivity contribution in [2.45, 2.75) is 78.7 Å². The van der Waals surface area contributed by atoms with E-state index in [4.69, 9.17) is 18.9 Å². The molecule has 0 bridgehead atoms. The molecule has 12 heteroatoms. The topological polar surface area (TPSA) is 170 Å². The number of carbonyl (C=O) groups is 4. The normalized spacial score (nSPS) is 14.2. The van der Waals surface area contributed by atoms with Crippen molar-refractivity contribution in [3.63, 3.8) is 0 Å². The largest absolute Gasteiger partial charge is 0.459 e. The van der Waals surface area contributed by atoms with Gasteiger partial charge >= 0.3 is 24.1 Å². The summed E-state index contributed by atoms with van der Waals surface area (Å²) in [7, 11) is 0. The molecule has 0 spiro atoms. The third-order valence-electron chi connectivity index (χ3n) is 3.60. The molecule has 0 aromatic heterocycles. The molecule has 2 atom stereocenters. The van der Waals surface area contributed by atoms with E-state index in [-0.39, 0.29) is 12.4 Å². The van der Waals surface area contributed by atoms with E-state index in [9.17, 15) is 29.4 Å². The van der Waals surface area contributed by atoms with Gasteiger partial charge in [0.1, 0.15) is 23.6 Å². The van der Waals surface area contributed by atoms with Crippen molar-refractivity contribution < 1.29 is 48.3 Å². The van der Waals surface area contributed by atoms with Crippen LogP contribution in [-0.4, -0.2) is 77.4 Å². The molecule has 0 heterocycles. The molecule has 0 aliphatic carbocycles. The number of rotatable bonds is 9. The maximum absolute atomic E-state index is 12.2. The number of ether oxygens (including phenoxy) is 4. The average Bonchev–Trinajstić information content (AvgIpc) is 2.64. The smallest absolute Gasteiger partial charge is 0.408 e. The van der Waals surface area contributed by atoms with Crippen LogP contribution in [0.4, 0.5) is 9.59 Å². The molecule has 0 aliphatic rings. The molecule has 12 nitrogen and oxygen atoms in total. The summed E-state index contributed by atoms with van der Waals surface area (Å²) in [5.74, 6) is -1.81. The molecule has 2 amide bonds. The fourth-order valence-corrected chi connectivity index (χ4v) is 1.95. The van der Waals surface area contributed by atoms with Crippen LogP contribution < -0.4 is 10.6 Å². The van der Waals surface area contributed by atoms with Gasteiger partial charge in [0.25, 0.3) is 0 Å². The second-order valence-electron chi connectivity index (χ2n) is 9.13. The van der Waals surface area contributed by atoms with E-state index in [2.05, 4.69) is 10.6 Å². The Morgan fingerprint density at radius 1 is 0.758 bits per heavy atom. The van der Waals surface area contributed by atoms with Crippen LogP contribution in [0.5, 0.6) is 0 Å². The number of aliphatic hydroxyl groups excluding tert-OH is 2. The highest BCUT2D eigenvalue weighted by Crippen LogP contribution is 2.10. The fraction of sp³-hybridized carbons (Fsp3) is 0.714. The number of esters is 2. The van der Waals surface area contributed by atoms with Gasteiger partial charge < -0.3 is 39.8 Å². The number of amides is 2. The van der Waals surface area contributed by atoms with Crippen molar-refractivity contribution in [3.05, 3.63) is 11.3 Å². The summed E-state index contributed by atoms with van der Waals surface area (Å²) in [6, 6.07) is -2.73. The Bertz CT molecular complexity index is 734. The molecule has 33 heavy (non-hydrogen) atoms. The molecule has 4 N–H and O–H groups in total. The number of allylic oxidation sites excluding steroid dienone is 1. The fourth-order valence-electron chi connectivity index (χ4n) is 1.95. The van der Waals surface area contributed by atoms with Gasteiger partial charge in [0.05, 0.1) is 13.2 Å². The first-order chi connectivity index (χ1) is 15.0. The Morgan fingerprint density at radius 3 is 1.52 bits per heavy atom. The average molecular weight is 477 g/mol. The zero-order valence-electron chi connectivity index (χ0n) is 20.4. The molecule has 0 saturated carbocycles. The SMILES string of the molecule is C/C(COC(=O)C(CO)NC(=O)OC(C)(C)C)=C(\C)OC(=O)C(CO)NC(=O)OC(C)(C)C. The quantitative estimate of drug-likeness (QED) is 0.215. The van der Waals surface area contributed by atoms with Crippen LogP contribution in [0.1, 0.15) is 55.4 Å². The first kappa shape index (κ1) is 30.1. The molecule has 0 rings (SSSR count). The maximum atomic E-state index is 12.2. The highest BCUT2D eigenvalue weighted by atomic mass is 16.6. The van der Waals surface area contributed by atoms with Crippen molar-refractivity contribution in [1.29, 1.82) is 0 Å². The monoisotopic (exact) mass is 476 g/mol. The number of nitrogens with one attached hydrogen (secondary N) is 2. The third kappa shape index (κ3) is 13.3. The summed E-state index contributed by atoms with van der Waals surface area (Å²) in [4.78, 5) is 47.9. The molecule has 0 aromatic carbocycles. The molecule has 2 unspecified atom stereocenters. The van der Waals surface area contributed by atoms with Gasteiger partial charge in [-0.25, -0.2) is 19.2 Å². The van der Waals surface area contributed by atoms with Crippen molar-refractivity contribution in [2.75, 3.05) is 19.8 Å². The summed E-state index contributed by atoms with van der Waals surface area (Å²) in [6.07, 6.45) is -1.80. The Labute approximate surface area is 193 Å². The van der Waals surface area contributed by atoms with Gasteiger partial charge in [0.15, 0.2) is 12.1 Å². The molecule has 0 fully saturated rings. The van der Waals surface area contributed by atoms with E-state index in [1.807, 2.05) is 0 Å². The summed E-state index contributed by atoms with van der Waals surface area (Å²) in [6.45, 7) is 11.0. The second-order valence-corrected chi connectivity index (χ2v) is 9.13. The van der Waals surface area contributed by atoms with Crippen molar-refractivity contribution in [2.24, 2.45) is 0 Å². The number of hydrogen-bond donors (Lipinski definition) is 4. The maximum Gasteiger partial charge on any atom is 0.408 e. The highest BCUT2D eigenvalue weighted by molar-refractivity contribution is 5.82. The molecule has 190 valence electrons. The van der Waals surface area contributed by atoms with Crippen LogP contribution in [0.15, 0.2) is 11.3 Å². The Hall–Kier alpha value is -2.86. The Kier molecular flexibility index (Phi) is 11.9. The molecule has 0 aliphatic heterocycles. The van der Waals surface area contributed by atoms with E-state index in [1.165, 1.54) is 13.8 Å². The van der Waals surface area contributed by atoms with Gasteiger partial charge in [-0.05, 0) is 55.4 Å². The highest BCUT2D eigenvalue weighted by Gasteiger charge is 2.27. The molecular weight excluding hydrogens is 440 g/mol.